The third-order valence-corrected chi connectivity index (χ3v) is 5.69. The molecule has 4 rings (SSSR count). The van der Waals surface area contributed by atoms with Crippen LogP contribution in [0.5, 0.6) is 0 Å². The van der Waals surface area contributed by atoms with E-state index in [0.29, 0.717) is 44.6 Å². The highest BCUT2D eigenvalue weighted by Gasteiger charge is 2.38. The van der Waals surface area contributed by atoms with Crippen LogP contribution in [0.15, 0.2) is 29.3 Å². The lowest BCUT2D eigenvalue weighted by Crippen LogP contribution is -2.39. The molecule has 1 atom stereocenters. The summed E-state index contributed by atoms with van der Waals surface area (Å²) in [6.45, 7) is 4.96. The van der Waals surface area contributed by atoms with E-state index in [9.17, 15) is 18.0 Å². The van der Waals surface area contributed by atoms with Gasteiger partial charge in [0.25, 0.3) is 5.71 Å². The number of imidazole rings is 1. The molecule has 0 aliphatic carbocycles. The summed E-state index contributed by atoms with van der Waals surface area (Å²) < 4.78 is 48.6. The van der Waals surface area contributed by atoms with Gasteiger partial charge in [0.2, 0.25) is 5.91 Å². The predicted molar refractivity (Wildman–Crippen MR) is 106 cm³/mol. The Morgan fingerprint density at radius 1 is 1.35 bits per heavy atom. The van der Waals surface area contributed by atoms with Crippen molar-refractivity contribution in [3.05, 3.63) is 41.7 Å². The highest BCUT2D eigenvalue weighted by molar-refractivity contribution is 5.82. The number of aryl methyl sites for hydroxylation is 1. The minimum Gasteiger partial charge on any atom is -0.342 e. The second-order valence-electron chi connectivity index (χ2n) is 8.22. The molecule has 1 unspecified atom stereocenters. The summed E-state index contributed by atoms with van der Waals surface area (Å²) in [6.07, 6.45) is 2.14. The van der Waals surface area contributed by atoms with Crippen LogP contribution in [0.25, 0.3) is 11.1 Å². The van der Waals surface area contributed by atoms with E-state index < -0.39 is 11.7 Å². The van der Waals surface area contributed by atoms with Crippen molar-refractivity contribution in [3.8, 4) is 0 Å². The Labute approximate surface area is 177 Å². The third kappa shape index (κ3) is 4.42. The SMILES string of the molecule is CC(C)c1cc(C(F)(F)F)c2c(C3CCCN(C(=O)CCn4ccnc4)C3)noc2n1. The maximum Gasteiger partial charge on any atom is 0.417 e. The number of carbonyl (C=O) groups excluding carboxylic acids is 1. The van der Waals surface area contributed by atoms with Crippen LogP contribution in [0, 0.1) is 0 Å². The molecular weight excluding hydrogens is 411 g/mol. The summed E-state index contributed by atoms with van der Waals surface area (Å²) in [5.74, 6) is -0.556. The number of hydrogen-bond acceptors (Lipinski definition) is 5. The first-order valence-electron chi connectivity index (χ1n) is 10.3. The van der Waals surface area contributed by atoms with Crippen LogP contribution >= 0.6 is 0 Å². The zero-order valence-electron chi connectivity index (χ0n) is 17.4. The maximum atomic E-state index is 13.9. The van der Waals surface area contributed by atoms with Gasteiger partial charge in [-0.2, -0.15) is 13.2 Å². The summed E-state index contributed by atoms with van der Waals surface area (Å²) in [5, 5.41) is 3.90. The molecule has 1 amide bonds. The largest absolute Gasteiger partial charge is 0.417 e. The van der Waals surface area contributed by atoms with Gasteiger partial charge in [-0.15, -0.1) is 0 Å². The summed E-state index contributed by atoms with van der Waals surface area (Å²) in [7, 11) is 0. The van der Waals surface area contributed by atoms with Crippen molar-refractivity contribution in [1.29, 1.82) is 0 Å². The van der Waals surface area contributed by atoms with E-state index in [1.807, 2.05) is 4.57 Å². The first-order chi connectivity index (χ1) is 14.7. The number of carbonyl (C=O) groups is 1. The molecule has 3 aromatic heterocycles. The van der Waals surface area contributed by atoms with Crippen LogP contribution in [0.3, 0.4) is 0 Å². The Hall–Kier alpha value is -2.91. The summed E-state index contributed by atoms with van der Waals surface area (Å²) in [4.78, 5) is 22.6. The summed E-state index contributed by atoms with van der Waals surface area (Å²) in [5.41, 5.74) is -0.335. The van der Waals surface area contributed by atoms with Crippen LogP contribution in [0.4, 0.5) is 13.2 Å². The number of piperidine rings is 1. The van der Waals surface area contributed by atoms with E-state index >= 15 is 0 Å². The number of hydrogen-bond donors (Lipinski definition) is 0. The molecule has 31 heavy (non-hydrogen) atoms. The minimum absolute atomic E-state index is 0.0394. The van der Waals surface area contributed by atoms with Gasteiger partial charge < -0.3 is 14.0 Å². The molecule has 166 valence electrons. The molecule has 1 fully saturated rings. The molecule has 4 heterocycles. The second kappa shape index (κ2) is 8.32. The lowest BCUT2D eigenvalue weighted by atomic mass is 9.91. The van der Waals surface area contributed by atoms with Gasteiger partial charge in [0.1, 0.15) is 0 Å². The number of likely N-dealkylation sites (tertiary alicyclic amines) is 1. The van der Waals surface area contributed by atoms with Crippen molar-refractivity contribution in [1.82, 2.24) is 24.6 Å². The molecule has 0 saturated carbocycles. The first kappa shape index (κ1) is 21.3. The van der Waals surface area contributed by atoms with Gasteiger partial charge in [-0.1, -0.05) is 19.0 Å². The highest BCUT2D eigenvalue weighted by Crippen LogP contribution is 2.40. The summed E-state index contributed by atoms with van der Waals surface area (Å²) in [6, 6.07) is 1.09. The maximum absolute atomic E-state index is 13.9. The first-order valence-corrected chi connectivity index (χ1v) is 10.3. The second-order valence-corrected chi connectivity index (χ2v) is 8.22. The van der Waals surface area contributed by atoms with Gasteiger partial charge in [0, 0.05) is 50.1 Å². The lowest BCUT2D eigenvalue weighted by molar-refractivity contribution is -0.136. The van der Waals surface area contributed by atoms with E-state index in [2.05, 4.69) is 15.1 Å². The Kier molecular flexibility index (Phi) is 5.72. The third-order valence-electron chi connectivity index (χ3n) is 5.69. The number of amides is 1. The molecule has 3 aromatic rings. The highest BCUT2D eigenvalue weighted by atomic mass is 19.4. The molecular formula is C21H24F3N5O2. The van der Waals surface area contributed by atoms with E-state index in [-0.39, 0.29) is 34.5 Å². The number of fused-ring (bicyclic) bond motifs is 1. The van der Waals surface area contributed by atoms with E-state index in [0.717, 1.165) is 6.07 Å². The van der Waals surface area contributed by atoms with E-state index in [4.69, 9.17) is 4.52 Å². The standard InChI is InChI=1S/C21H24F3N5O2/c1-13(2)16-10-15(21(22,23)24)18-19(27-31-20(18)26-16)14-4-3-7-29(11-14)17(30)5-8-28-9-6-25-12-28/h6,9-10,12-14H,3-5,7-8,11H2,1-2H3. The Bertz CT molecular complexity index is 1060. The van der Waals surface area contributed by atoms with Crippen LogP contribution in [-0.2, 0) is 17.5 Å². The van der Waals surface area contributed by atoms with Crippen molar-refractivity contribution < 1.29 is 22.5 Å². The molecule has 1 aliphatic rings. The van der Waals surface area contributed by atoms with Gasteiger partial charge in [-0.05, 0) is 24.8 Å². The zero-order chi connectivity index (χ0) is 22.2. The fourth-order valence-electron chi connectivity index (χ4n) is 4.02. The number of aromatic nitrogens is 4. The average Bonchev–Trinajstić information content (AvgIpc) is 3.40. The molecule has 0 bridgehead atoms. The average molecular weight is 435 g/mol. The molecule has 1 aliphatic heterocycles. The molecule has 0 spiro atoms. The molecule has 1 saturated heterocycles. The summed E-state index contributed by atoms with van der Waals surface area (Å²) >= 11 is 0. The van der Waals surface area contributed by atoms with Gasteiger partial charge >= 0.3 is 6.18 Å². The monoisotopic (exact) mass is 435 g/mol. The van der Waals surface area contributed by atoms with E-state index in [1.54, 1.807) is 37.5 Å². The predicted octanol–water partition coefficient (Wildman–Crippen LogP) is 4.36. The van der Waals surface area contributed by atoms with Gasteiger partial charge in [-0.25, -0.2) is 9.97 Å². The van der Waals surface area contributed by atoms with Crippen molar-refractivity contribution in [2.24, 2.45) is 0 Å². The van der Waals surface area contributed by atoms with Crippen molar-refractivity contribution >= 4 is 17.0 Å². The van der Waals surface area contributed by atoms with Gasteiger partial charge in [0.15, 0.2) is 0 Å². The fraction of sp³-hybridized carbons (Fsp3) is 0.524. The van der Waals surface area contributed by atoms with Crippen molar-refractivity contribution in [2.45, 2.75) is 57.7 Å². The molecule has 0 aromatic carbocycles. The number of pyridine rings is 1. The van der Waals surface area contributed by atoms with Crippen LogP contribution in [0.1, 0.15) is 61.9 Å². The molecule has 0 N–H and O–H groups in total. The fourth-order valence-corrected chi connectivity index (χ4v) is 4.02. The van der Waals surface area contributed by atoms with Gasteiger partial charge in [0.05, 0.1) is 23.0 Å². The Morgan fingerprint density at radius 3 is 2.84 bits per heavy atom. The molecule has 10 heteroatoms. The number of nitrogens with zero attached hydrogens (tertiary/aromatic N) is 5. The molecule has 0 radical (unpaired) electrons. The minimum atomic E-state index is -4.56. The molecule has 7 nitrogen and oxygen atoms in total. The van der Waals surface area contributed by atoms with Crippen LogP contribution in [-0.4, -0.2) is 43.6 Å². The van der Waals surface area contributed by atoms with Crippen LogP contribution in [0.2, 0.25) is 0 Å². The van der Waals surface area contributed by atoms with Gasteiger partial charge in [-0.3, -0.25) is 4.79 Å². The topological polar surface area (TPSA) is 77.0 Å². The van der Waals surface area contributed by atoms with E-state index in [1.165, 1.54) is 0 Å². The number of alkyl halides is 3. The Balaban J connectivity index is 1.60. The number of rotatable bonds is 5. The normalized spacial score (nSPS) is 17.6. The lowest BCUT2D eigenvalue weighted by Gasteiger charge is -2.32. The quantitative estimate of drug-likeness (QED) is 0.595. The Morgan fingerprint density at radius 2 is 2.16 bits per heavy atom. The zero-order valence-corrected chi connectivity index (χ0v) is 17.4. The smallest absolute Gasteiger partial charge is 0.342 e. The van der Waals surface area contributed by atoms with Crippen molar-refractivity contribution in [3.63, 3.8) is 0 Å². The van der Waals surface area contributed by atoms with Crippen LogP contribution < -0.4 is 0 Å². The van der Waals surface area contributed by atoms with Crippen molar-refractivity contribution in [2.75, 3.05) is 13.1 Å². The number of halogens is 3.